The molecule has 0 spiro atoms. The van der Waals surface area contributed by atoms with Crippen LogP contribution in [0.4, 0.5) is 0 Å². The highest BCUT2D eigenvalue weighted by molar-refractivity contribution is 9.09. The average molecular weight is 227 g/mol. The van der Waals surface area contributed by atoms with Gasteiger partial charge in [0.15, 0.2) is 0 Å². The first-order valence-corrected chi connectivity index (χ1v) is 6.08. The second-order valence-electron chi connectivity index (χ2n) is 4.69. The lowest BCUT2D eigenvalue weighted by molar-refractivity contribution is 0.228. The molecular weight excluding hydrogens is 212 g/mol. The third-order valence-corrected chi connectivity index (χ3v) is 4.97. The lowest BCUT2D eigenvalue weighted by atomic mass is 9.73. The van der Waals surface area contributed by atoms with Crippen molar-refractivity contribution >= 4 is 15.9 Å². The first-order valence-electron chi connectivity index (χ1n) is 5.17. The molecule has 0 aromatic heterocycles. The van der Waals surface area contributed by atoms with E-state index in [0.717, 1.165) is 28.5 Å². The van der Waals surface area contributed by atoms with Crippen molar-refractivity contribution in [3.05, 3.63) is 12.2 Å². The van der Waals surface area contributed by atoms with Crippen LogP contribution in [0.5, 0.6) is 0 Å². The van der Waals surface area contributed by atoms with E-state index in [0.29, 0.717) is 0 Å². The molecule has 0 aromatic carbocycles. The summed E-state index contributed by atoms with van der Waals surface area (Å²) in [6.07, 6.45) is 10.8. The van der Waals surface area contributed by atoms with Gasteiger partial charge in [-0.15, -0.1) is 0 Å². The third kappa shape index (κ3) is 0.951. The van der Waals surface area contributed by atoms with Gasteiger partial charge in [0, 0.05) is 4.83 Å². The van der Waals surface area contributed by atoms with Gasteiger partial charge in [0.05, 0.1) is 0 Å². The van der Waals surface area contributed by atoms with Crippen molar-refractivity contribution in [3.8, 4) is 0 Å². The van der Waals surface area contributed by atoms with Crippen molar-refractivity contribution in [3.63, 3.8) is 0 Å². The molecule has 0 nitrogen and oxygen atoms in total. The number of hydrogen-bond donors (Lipinski definition) is 0. The third-order valence-electron chi connectivity index (χ3n) is 4.14. The Kier molecular flexibility index (Phi) is 1.65. The molecule has 5 atom stereocenters. The molecule has 66 valence electrons. The zero-order chi connectivity index (χ0) is 8.13. The highest BCUT2D eigenvalue weighted by Gasteiger charge is 2.46. The fourth-order valence-corrected chi connectivity index (χ4v) is 4.29. The minimum atomic E-state index is 0.825. The largest absolute Gasteiger partial charge is 0.0891 e. The second-order valence-corrected chi connectivity index (χ2v) is 5.98. The van der Waals surface area contributed by atoms with Gasteiger partial charge in [-0.2, -0.15) is 0 Å². The highest BCUT2D eigenvalue weighted by atomic mass is 79.9. The Morgan fingerprint density at radius 1 is 0.917 bits per heavy atom. The fourth-order valence-electron chi connectivity index (χ4n) is 3.59. The van der Waals surface area contributed by atoms with E-state index in [1.807, 2.05) is 0 Å². The van der Waals surface area contributed by atoms with Gasteiger partial charge in [-0.1, -0.05) is 28.1 Å². The van der Waals surface area contributed by atoms with E-state index in [9.17, 15) is 0 Å². The van der Waals surface area contributed by atoms with Crippen LogP contribution in [0.3, 0.4) is 0 Å². The molecular formula is C11H15Br. The predicted molar refractivity (Wildman–Crippen MR) is 54.3 cm³/mol. The average Bonchev–Trinajstić information content (AvgIpc) is 2.63. The van der Waals surface area contributed by atoms with Crippen molar-refractivity contribution in [2.75, 3.05) is 0 Å². The number of alkyl halides is 1. The van der Waals surface area contributed by atoms with Crippen LogP contribution in [0.1, 0.15) is 25.7 Å². The van der Waals surface area contributed by atoms with Gasteiger partial charge in [-0.3, -0.25) is 0 Å². The Hall–Kier alpha value is 0.220. The molecule has 0 radical (unpaired) electrons. The van der Waals surface area contributed by atoms with E-state index in [-0.39, 0.29) is 0 Å². The van der Waals surface area contributed by atoms with Crippen LogP contribution in [0.15, 0.2) is 12.2 Å². The lowest BCUT2D eigenvalue weighted by Gasteiger charge is -2.34. The van der Waals surface area contributed by atoms with E-state index in [1.54, 1.807) is 0 Å². The van der Waals surface area contributed by atoms with Crippen LogP contribution in [-0.4, -0.2) is 4.83 Å². The fraction of sp³-hybridized carbons (Fsp3) is 0.818. The zero-order valence-corrected chi connectivity index (χ0v) is 8.83. The lowest BCUT2D eigenvalue weighted by Crippen LogP contribution is -2.27. The number of halogens is 1. The normalized spacial score (nSPS) is 55.9. The summed E-state index contributed by atoms with van der Waals surface area (Å²) in [4.78, 5) is 0.825. The van der Waals surface area contributed by atoms with Gasteiger partial charge in [0.1, 0.15) is 0 Å². The number of fused-ring (bicyclic) bond motifs is 5. The summed E-state index contributed by atoms with van der Waals surface area (Å²) in [6.45, 7) is 0. The minimum Gasteiger partial charge on any atom is -0.0891 e. The van der Waals surface area contributed by atoms with Crippen LogP contribution in [0.25, 0.3) is 0 Å². The summed E-state index contributed by atoms with van der Waals surface area (Å²) < 4.78 is 0. The van der Waals surface area contributed by atoms with Gasteiger partial charge >= 0.3 is 0 Å². The van der Waals surface area contributed by atoms with Crippen LogP contribution in [0, 0.1) is 23.7 Å². The van der Waals surface area contributed by atoms with Gasteiger partial charge in [-0.25, -0.2) is 0 Å². The van der Waals surface area contributed by atoms with E-state index in [2.05, 4.69) is 28.1 Å². The Balaban J connectivity index is 1.85. The Bertz CT molecular complexity index is 221. The van der Waals surface area contributed by atoms with Crippen molar-refractivity contribution < 1.29 is 0 Å². The van der Waals surface area contributed by atoms with Gasteiger partial charge in [-0.05, 0) is 49.4 Å². The van der Waals surface area contributed by atoms with Crippen LogP contribution in [0.2, 0.25) is 0 Å². The molecule has 2 fully saturated rings. The summed E-state index contributed by atoms with van der Waals surface area (Å²) in [5.41, 5.74) is 0. The zero-order valence-electron chi connectivity index (χ0n) is 7.25. The first-order chi connectivity index (χ1) is 5.84. The molecule has 0 N–H and O–H groups in total. The van der Waals surface area contributed by atoms with Gasteiger partial charge < -0.3 is 0 Å². The smallest absolute Gasteiger partial charge is 0.0148 e. The maximum absolute atomic E-state index is 3.77. The highest BCUT2D eigenvalue weighted by Crippen LogP contribution is 2.54. The number of allylic oxidation sites excluding steroid dienone is 2. The number of rotatable bonds is 0. The summed E-state index contributed by atoms with van der Waals surface area (Å²) in [5.74, 6) is 4.03. The Morgan fingerprint density at radius 3 is 2.50 bits per heavy atom. The topological polar surface area (TPSA) is 0 Å². The van der Waals surface area contributed by atoms with Crippen LogP contribution in [-0.2, 0) is 0 Å². The molecule has 0 saturated heterocycles. The molecule has 3 rings (SSSR count). The summed E-state index contributed by atoms with van der Waals surface area (Å²) in [5, 5.41) is 0. The molecule has 3 aliphatic carbocycles. The molecule has 5 unspecified atom stereocenters. The Morgan fingerprint density at radius 2 is 1.67 bits per heavy atom. The molecule has 0 amide bonds. The van der Waals surface area contributed by atoms with Crippen molar-refractivity contribution in [1.82, 2.24) is 0 Å². The van der Waals surface area contributed by atoms with Crippen LogP contribution < -0.4 is 0 Å². The first kappa shape index (κ1) is 7.61. The van der Waals surface area contributed by atoms with E-state index in [4.69, 9.17) is 0 Å². The maximum Gasteiger partial charge on any atom is 0.0148 e. The molecule has 2 saturated carbocycles. The monoisotopic (exact) mass is 226 g/mol. The van der Waals surface area contributed by atoms with Gasteiger partial charge in [0.2, 0.25) is 0 Å². The number of hydrogen-bond acceptors (Lipinski definition) is 0. The van der Waals surface area contributed by atoms with E-state index < -0.39 is 0 Å². The summed E-state index contributed by atoms with van der Waals surface area (Å²) >= 11 is 3.77. The molecule has 0 heterocycles. The Labute approximate surface area is 82.5 Å². The standard InChI is InChI=1S/C11H15Br/c12-9-3-4-10-7-1-2-8(5-7)11(10)6-9/h1-2,7-11H,3-6H2. The quantitative estimate of drug-likeness (QED) is 0.439. The van der Waals surface area contributed by atoms with Crippen molar-refractivity contribution in [2.45, 2.75) is 30.5 Å². The van der Waals surface area contributed by atoms with Crippen molar-refractivity contribution in [1.29, 1.82) is 0 Å². The molecule has 0 aliphatic heterocycles. The predicted octanol–water partition coefficient (Wildman–Crippen LogP) is 3.37. The molecule has 1 heteroatoms. The molecule has 12 heavy (non-hydrogen) atoms. The van der Waals surface area contributed by atoms with Crippen molar-refractivity contribution in [2.24, 2.45) is 23.7 Å². The summed E-state index contributed by atoms with van der Waals surface area (Å²) in [7, 11) is 0. The second kappa shape index (κ2) is 2.60. The van der Waals surface area contributed by atoms with E-state index in [1.165, 1.54) is 25.7 Å². The molecule has 0 aromatic rings. The van der Waals surface area contributed by atoms with Gasteiger partial charge in [0.25, 0.3) is 0 Å². The summed E-state index contributed by atoms with van der Waals surface area (Å²) in [6, 6.07) is 0. The van der Waals surface area contributed by atoms with E-state index >= 15 is 0 Å². The van der Waals surface area contributed by atoms with Crippen LogP contribution >= 0.6 is 15.9 Å². The minimum absolute atomic E-state index is 0.825. The molecule has 2 bridgehead atoms. The molecule has 3 aliphatic rings. The maximum atomic E-state index is 3.77. The SMILES string of the molecule is BrC1CCC2C3C=CC(C3)C2C1.